The van der Waals surface area contributed by atoms with Crippen molar-refractivity contribution >= 4 is 22.5 Å². The van der Waals surface area contributed by atoms with Crippen LogP contribution in [0.15, 0.2) is 41.5 Å². The van der Waals surface area contributed by atoms with Gasteiger partial charge in [0.15, 0.2) is 0 Å². The van der Waals surface area contributed by atoms with Gasteiger partial charge in [-0.25, -0.2) is 0 Å². The molecule has 4 nitrogen and oxygen atoms in total. The number of rotatable bonds is 2. The highest BCUT2D eigenvalue weighted by Crippen LogP contribution is 2.17. The van der Waals surface area contributed by atoms with E-state index >= 15 is 0 Å². The highest BCUT2D eigenvalue weighted by molar-refractivity contribution is 6.50. The van der Waals surface area contributed by atoms with Crippen molar-refractivity contribution in [2.24, 2.45) is 5.11 Å². The van der Waals surface area contributed by atoms with Gasteiger partial charge in [0, 0.05) is 11.0 Å². The van der Waals surface area contributed by atoms with E-state index in [0.717, 1.165) is 6.08 Å². The number of carbonyl (C=O) groups excluding carboxylic acids is 1. The fraction of sp³-hybridized carbons (Fsp3) is 0. The SMILES string of the molecule is [N-]=[N+]=NC(=O)C=C(Cl)c1ccccc1. The number of carbonyl (C=O) groups is 1. The number of hydrogen-bond donors (Lipinski definition) is 0. The number of hydrogen-bond acceptors (Lipinski definition) is 1. The highest BCUT2D eigenvalue weighted by Gasteiger charge is 1.99. The van der Waals surface area contributed by atoms with Gasteiger partial charge in [-0.1, -0.05) is 41.9 Å². The van der Waals surface area contributed by atoms with Crippen LogP contribution in [0.4, 0.5) is 0 Å². The number of amides is 1. The van der Waals surface area contributed by atoms with Gasteiger partial charge >= 0.3 is 0 Å². The molecule has 14 heavy (non-hydrogen) atoms. The summed E-state index contributed by atoms with van der Waals surface area (Å²) in [5, 5.41) is 3.12. The van der Waals surface area contributed by atoms with Crippen LogP contribution in [0.2, 0.25) is 0 Å². The van der Waals surface area contributed by atoms with E-state index in [9.17, 15) is 4.79 Å². The van der Waals surface area contributed by atoms with Crippen LogP contribution in [0, 0.1) is 0 Å². The second-order valence-electron chi connectivity index (χ2n) is 2.39. The van der Waals surface area contributed by atoms with Gasteiger partial charge in [-0.05, 0) is 16.2 Å². The molecule has 0 fully saturated rings. The first-order valence-corrected chi connectivity index (χ1v) is 4.13. The molecule has 0 saturated heterocycles. The molecular formula is C9H6ClN3O. The Balaban J connectivity index is 2.90. The van der Waals surface area contributed by atoms with Gasteiger partial charge in [0.2, 0.25) is 5.91 Å². The number of nitrogens with zero attached hydrogens (tertiary/aromatic N) is 3. The summed E-state index contributed by atoms with van der Waals surface area (Å²) in [5.74, 6) is -0.707. The number of benzene rings is 1. The van der Waals surface area contributed by atoms with E-state index in [2.05, 4.69) is 10.0 Å². The molecule has 0 aliphatic rings. The van der Waals surface area contributed by atoms with E-state index in [-0.39, 0.29) is 5.03 Å². The Hall–Kier alpha value is -1.77. The van der Waals surface area contributed by atoms with Crippen LogP contribution in [0.3, 0.4) is 0 Å². The van der Waals surface area contributed by atoms with E-state index in [1.807, 2.05) is 6.07 Å². The minimum absolute atomic E-state index is 0.253. The summed E-state index contributed by atoms with van der Waals surface area (Å²) in [7, 11) is 0. The molecule has 0 saturated carbocycles. The van der Waals surface area contributed by atoms with Gasteiger partial charge in [-0.15, -0.1) is 0 Å². The summed E-state index contributed by atoms with van der Waals surface area (Å²) in [6.07, 6.45) is 1.08. The Morgan fingerprint density at radius 3 is 2.64 bits per heavy atom. The van der Waals surface area contributed by atoms with Crippen LogP contribution in [-0.2, 0) is 4.79 Å². The van der Waals surface area contributed by atoms with Gasteiger partial charge in [-0.2, -0.15) is 0 Å². The number of halogens is 1. The molecule has 0 bridgehead atoms. The molecule has 1 rings (SSSR count). The van der Waals surface area contributed by atoms with Crippen LogP contribution >= 0.6 is 11.6 Å². The zero-order valence-electron chi connectivity index (χ0n) is 7.09. The first-order chi connectivity index (χ1) is 6.74. The molecule has 0 N–H and O–H groups in total. The molecule has 0 spiro atoms. The summed E-state index contributed by atoms with van der Waals surface area (Å²) in [4.78, 5) is 13.2. The summed E-state index contributed by atoms with van der Waals surface area (Å²) in [5.41, 5.74) is 8.69. The minimum atomic E-state index is -0.707. The molecule has 0 heterocycles. The van der Waals surface area contributed by atoms with Gasteiger partial charge in [-0.3, -0.25) is 4.79 Å². The van der Waals surface area contributed by atoms with Crippen molar-refractivity contribution in [1.29, 1.82) is 0 Å². The van der Waals surface area contributed by atoms with E-state index in [1.165, 1.54) is 0 Å². The predicted octanol–water partition coefficient (Wildman–Crippen LogP) is 3.10. The lowest BCUT2D eigenvalue weighted by atomic mass is 10.2. The molecule has 70 valence electrons. The lowest BCUT2D eigenvalue weighted by Crippen LogP contribution is -1.85. The maximum absolute atomic E-state index is 10.8. The lowest BCUT2D eigenvalue weighted by Gasteiger charge is -1.95. The van der Waals surface area contributed by atoms with Gasteiger partial charge < -0.3 is 0 Å². The first kappa shape index (κ1) is 10.3. The van der Waals surface area contributed by atoms with Crippen molar-refractivity contribution < 1.29 is 4.79 Å². The van der Waals surface area contributed by atoms with Crippen molar-refractivity contribution in [3.63, 3.8) is 0 Å². The predicted molar refractivity (Wildman–Crippen MR) is 54.4 cm³/mol. The van der Waals surface area contributed by atoms with Crippen molar-refractivity contribution in [2.45, 2.75) is 0 Å². The molecule has 0 aliphatic carbocycles. The molecule has 0 unspecified atom stereocenters. The van der Waals surface area contributed by atoms with Crippen LogP contribution < -0.4 is 0 Å². The first-order valence-electron chi connectivity index (χ1n) is 3.75. The molecule has 1 aromatic carbocycles. The second-order valence-corrected chi connectivity index (χ2v) is 2.79. The van der Waals surface area contributed by atoms with Crippen LogP contribution in [0.1, 0.15) is 5.56 Å². The van der Waals surface area contributed by atoms with E-state index in [0.29, 0.717) is 5.56 Å². The van der Waals surface area contributed by atoms with Crippen LogP contribution in [0.25, 0.3) is 15.5 Å². The van der Waals surface area contributed by atoms with Crippen molar-refractivity contribution in [3.8, 4) is 0 Å². The Bertz CT molecular complexity index is 407. The third-order valence-electron chi connectivity index (χ3n) is 1.44. The van der Waals surface area contributed by atoms with Crippen LogP contribution in [0.5, 0.6) is 0 Å². The van der Waals surface area contributed by atoms with E-state index in [4.69, 9.17) is 17.1 Å². The largest absolute Gasteiger partial charge is 0.288 e. The summed E-state index contributed by atoms with van der Waals surface area (Å²) >= 11 is 5.79. The van der Waals surface area contributed by atoms with Gasteiger partial charge in [0.1, 0.15) is 0 Å². The zero-order valence-corrected chi connectivity index (χ0v) is 7.85. The second kappa shape index (κ2) is 5.07. The number of azide groups is 1. The molecule has 1 aromatic rings. The Kier molecular flexibility index (Phi) is 3.73. The zero-order chi connectivity index (χ0) is 10.4. The molecule has 1 amide bonds. The van der Waals surface area contributed by atoms with E-state index < -0.39 is 5.91 Å². The molecule has 0 radical (unpaired) electrons. The fourth-order valence-corrected chi connectivity index (χ4v) is 1.08. The summed E-state index contributed by atoms with van der Waals surface area (Å²) < 4.78 is 0. The quantitative estimate of drug-likeness (QED) is 0.318. The third-order valence-corrected chi connectivity index (χ3v) is 1.77. The molecule has 0 aromatic heterocycles. The third kappa shape index (κ3) is 2.94. The lowest BCUT2D eigenvalue weighted by molar-refractivity contribution is -0.113. The van der Waals surface area contributed by atoms with Gasteiger partial charge in [0.25, 0.3) is 0 Å². The maximum atomic E-state index is 10.8. The average Bonchev–Trinajstić information content (AvgIpc) is 2.19. The molecular weight excluding hydrogens is 202 g/mol. The van der Waals surface area contributed by atoms with Crippen molar-refractivity contribution in [3.05, 3.63) is 52.4 Å². The highest BCUT2D eigenvalue weighted by atomic mass is 35.5. The van der Waals surface area contributed by atoms with Gasteiger partial charge in [0.05, 0.1) is 5.03 Å². The Labute approximate surface area is 85.4 Å². The Morgan fingerprint density at radius 2 is 2.07 bits per heavy atom. The van der Waals surface area contributed by atoms with Crippen molar-refractivity contribution in [1.82, 2.24) is 0 Å². The standard InChI is InChI=1S/C9H6ClN3O/c10-8(6-9(14)12-13-11)7-4-2-1-3-5-7/h1-6H. The average molecular weight is 208 g/mol. The maximum Gasteiger partial charge on any atom is 0.243 e. The molecule has 5 heteroatoms. The van der Waals surface area contributed by atoms with E-state index in [1.54, 1.807) is 24.3 Å². The van der Waals surface area contributed by atoms with Crippen molar-refractivity contribution in [2.75, 3.05) is 0 Å². The summed E-state index contributed by atoms with van der Waals surface area (Å²) in [6, 6.07) is 8.93. The minimum Gasteiger partial charge on any atom is -0.288 e. The smallest absolute Gasteiger partial charge is 0.243 e. The summed E-state index contributed by atoms with van der Waals surface area (Å²) in [6.45, 7) is 0. The fourth-order valence-electron chi connectivity index (χ4n) is 0.862. The normalized spacial score (nSPS) is 10.5. The van der Waals surface area contributed by atoms with Crippen LogP contribution in [-0.4, -0.2) is 5.91 Å². The molecule has 0 atom stereocenters. The molecule has 0 aliphatic heterocycles. The monoisotopic (exact) mass is 207 g/mol. The Morgan fingerprint density at radius 1 is 1.43 bits per heavy atom. The topological polar surface area (TPSA) is 65.8 Å².